The fraction of sp³-hybridized carbons (Fsp3) is 0.321. The van der Waals surface area contributed by atoms with Crippen molar-refractivity contribution in [2.75, 3.05) is 19.8 Å². The van der Waals surface area contributed by atoms with Gasteiger partial charge in [-0.2, -0.15) is 0 Å². The number of ketones is 1. The Morgan fingerprint density at radius 3 is 2.36 bits per heavy atom. The van der Waals surface area contributed by atoms with Gasteiger partial charge in [-0.3, -0.25) is 14.6 Å². The first-order valence-corrected chi connectivity index (χ1v) is 12.3. The van der Waals surface area contributed by atoms with Crippen molar-refractivity contribution in [2.24, 2.45) is 0 Å². The van der Waals surface area contributed by atoms with Crippen molar-refractivity contribution in [1.29, 1.82) is 0 Å². The fourth-order valence-electron chi connectivity index (χ4n) is 4.34. The predicted octanol–water partition coefficient (Wildman–Crippen LogP) is 4.00. The molecule has 1 aromatic heterocycles. The van der Waals surface area contributed by atoms with Crippen LogP contribution in [0.15, 0.2) is 72.8 Å². The number of aromatic amines is 1. The summed E-state index contributed by atoms with van der Waals surface area (Å²) < 4.78 is 13.2. The average molecular weight is 491 g/mol. The first-order valence-electron chi connectivity index (χ1n) is 12.3. The van der Waals surface area contributed by atoms with Crippen molar-refractivity contribution in [2.45, 2.75) is 39.3 Å². The summed E-state index contributed by atoms with van der Waals surface area (Å²) in [6, 6.07) is 13.5. The molecule has 0 spiro atoms. The number of aliphatic hydroxyl groups is 1. The SMILES string of the molecule is CCCOc1ccc(/C(O)=C2\C(=O)C(=O)N(CCC[n+]3cc[nH]c3)C2c2ccc(OCC)cc2)cc1. The van der Waals surface area contributed by atoms with Crippen molar-refractivity contribution in [3.63, 3.8) is 0 Å². The van der Waals surface area contributed by atoms with Crippen molar-refractivity contribution >= 4 is 17.4 Å². The van der Waals surface area contributed by atoms with Crippen LogP contribution >= 0.6 is 0 Å². The summed E-state index contributed by atoms with van der Waals surface area (Å²) in [6.07, 6.45) is 7.10. The number of rotatable bonds is 11. The summed E-state index contributed by atoms with van der Waals surface area (Å²) in [5.74, 6) is -0.120. The number of Topliss-reactive ketones (excluding diaryl/α,β-unsaturated/α-hetero) is 1. The molecular weight excluding hydrogens is 458 g/mol. The first kappa shape index (κ1) is 25.0. The molecule has 1 saturated heterocycles. The lowest BCUT2D eigenvalue weighted by Gasteiger charge is -2.25. The first-order chi connectivity index (χ1) is 17.5. The molecule has 1 atom stereocenters. The maximum atomic E-state index is 13.2. The Kier molecular flexibility index (Phi) is 8.05. The lowest BCUT2D eigenvalue weighted by Crippen LogP contribution is -2.36. The molecule has 36 heavy (non-hydrogen) atoms. The van der Waals surface area contributed by atoms with E-state index < -0.39 is 17.7 Å². The van der Waals surface area contributed by atoms with E-state index >= 15 is 0 Å². The van der Waals surface area contributed by atoms with Crippen LogP contribution < -0.4 is 14.0 Å². The van der Waals surface area contributed by atoms with Gasteiger partial charge in [0.2, 0.25) is 6.33 Å². The van der Waals surface area contributed by atoms with E-state index in [9.17, 15) is 14.7 Å². The van der Waals surface area contributed by atoms with Crippen LogP contribution in [0.2, 0.25) is 0 Å². The molecular formula is C28H32N3O5+. The van der Waals surface area contributed by atoms with Crippen molar-refractivity contribution in [3.8, 4) is 11.5 Å². The molecule has 0 radical (unpaired) electrons. The number of likely N-dealkylation sites (tertiary alicyclic amines) is 1. The number of amides is 1. The highest BCUT2D eigenvalue weighted by atomic mass is 16.5. The third-order valence-corrected chi connectivity index (χ3v) is 6.07. The number of imidazole rings is 1. The van der Waals surface area contributed by atoms with Crippen LogP contribution in [0.25, 0.3) is 5.76 Å². The second-order valence-electron chi connectivity index (χ2n) is 8.57. The fourth-order valence-corrected chi connectivity index (χ4v) is 4.34. The summed E-state index contributed by atoms with van der Waals surface area (Å²) >= 11 is 0. The maximum absolute atomic E-state index is 13.2. The lowest BCUT2D eigenvalue weighted by atomic mass is 9.95. The Bertz CT molecular complexity index is 1200. The Morgan fingerprint density at radius 1 is 1.03 bits per heavy atom. The van der Waals surface area contributed by atoms with Crippen LogP contribution in [0.4, 0.5) is 0 Å². The molecule has 0 aliphatic carbocycles. The molecule has 2 aromatic carbocycles. The van der Waals surface area contributed by atoms with Gasteiger partial charge in [0.25, 0.3) is 11.7 Å². The standard InChI is InChI=1S/C28H31N3O5/c1-3-18-36-23-12-8-21(9-13-23)26(32)24-25(20-6-10-22(11-7-20)35-4-2)31(28(34)27(24)33)16-5-15-30-17-14-29-19-30/h6-14,17,19,25H,3-5,15-16,18H2,1-2H3,(H,32,33)/p+1. The second kappa shape index (κ2) is 11.6. The van der Waals surface area contributed by atoms with E-state index in [0.29, 0.717) is 49.8 Å². The zero-order valence-electron chi connectivity index (χ0n) is 20.6. The van der Waals surface area contributed by atoms with Gasteiger partial charge in [-0.15, -0.1) is 0 Å². The van der Waals surface area contributed by atoms with Crippen molar-refractivity contribution in [1.82, 2.24) is 9.88 Å². The van der Waals surface area contributed by atoms with Gasteiger partial charge >= 0.3 is 0 Å². The third-order valence-electron chi connectivity index (χ3n) is 6.07. The summed E-state index contributed by atoms with van der Waals surface area (Å²) in [6.45, 7) is 6.10. The quantitative estimate of drug-likeness (QED) is 0.183. The van der Waals surface area contributed by atoms with E-state index in [1.165, 1.54) is 0 Å². The molecule has 2 N–H and O–H groups in total. The van der Waals surface area contributed by atoms with Crippen LogP contribution in [-0.2, 0) is 16.1 Å². The summed E-state index contributed by atoms with van der Waals surface area (Å²) in [5, 5.41) is 11.2. The van der Waals surface area contributed by atoms with Crippen LogP contribution in [0.3, 0.4) is 0 Å². The molecule has 1 aliphatic heterocycles. The van der Waals surface area contributed by atoms with Crippen LogP contribution in [0.1, 0.15) is 43.9 Å². The Balaban J connectivity index is 1.68. The molecule has 188 valence electrons. The highest BCUT2D eigenvalue weighted by Crippen LogP contribution is 2.40. The number of ether oxygens (including phenoxy) is 2. The Morgan fingerprint density at radius 2 is 1.72 bits per heavy atom. The van der Waals surface area contributed by atoms with Crippen LogP contribution in [0, 0.1) is 0 Å². The van der Waals surface area contributed by atoms with E-state index in [4.69, 9.17) is 9.47 Å². The van der Waals surface area contributed by atoms with Crippen molar-refractivity contribution < 1.29 is 28.7 Å². The van der Waals surface area contributed by atoms with E-state index in [0.717, 1.165) is 12.0 Å². The molecule has 1 fully saturated rings. The van der Waals surface area contributed by atoms with Crippen LogP contribution in [0.5, 0.6) is 11.5 Å². The minimum Gasteiger partial charge on any atom is -0.507 e. The zero-order chi connectivity index (χ0) is 25.5. The second-order valence-corrected chi connectivity index (χ2v) is 8.57. The maximum Gasteiger partial charge on any atom is 0.295 e. The number of carbonyl (C=O) groups is 2. The highest BCUT2D eigenvalue weighted by molar-refractivity contribution is 6.46. The Labute approximate surface area is 210 Å². The highest BCUT2D eigenvalue weighted by Gasteiger charge is 2.45. The number of nitrogens with zero attached hydrogens (tertiary/aromatic N) is 2. The van der Waals surface area contributed by atoms with Crippen molar-refractivity contribution in [3.05, 3.63) is 84.0 Å². The number of H-pyrrole nitrogens is 1. The van der Waals surface area contributed by atoms with E-state index in [-0.39, 0.29) is 11.3 Å². The largest absolute Gasteiger partial charge is 0.507 e. The molecule has 1 aliphatic rings. The summed E-state index contributed by atoms with van der Waals surface area (Å²) in [4.78, 5) is 30.9. The number of aromatic nitrogens is 2. The molecule has 8 heteroatoms. The van der Waals surface area contributed by atoms with Crippen LogP contribution in [-0.4, -0.2) is 46.4 Å². The number of hydrogen-bond donors (Lipinski definition) is 2. The number of nitrogens with one attached hydrogen (secondary N) is 1. The van der Waals surface area contributed by atoms with E-state index in [2.05, 4.69) is 4.98 Å². The smallest absolute Gasteiger partial charge is 0.295 e. The molecule has 8 nitrogen and oxygen atoms in total. The topological polar surface area (TPSA) is 95.7 Å². The van der Waals surface area contributed by atoms with Gasteiger partial charge in [0.1, 0.15) is 29.7 Å². The van der Waals surface area contributed by atoms with Gasteiger partial charge in [0, 0.05) is 18.5 Å². The minimum atomic E-state index is -0.701. The van der Waals surface area contributed by atoms with Gasteiger partial charge in [-0.05, 0) is 55.3 Å². The molecule has 2 heterocycles. The number of aryl methyl sites for hydroxylation is 1. The molecule has 1 unspecified atom stereocenters. The molecule has 4 rings (SSSR count). The summed E-state index contributed by atoms with van der Waals surface area (Å²) in [7, 11) is 0. The van der Waals surface area contributed by atoms with Gasteiger partial charge in [0.15, 0.2) is 0 Å². The summed E-state index contributed by atoms with van der Waals surface area (Å²) in [5.41, 5.74) is 1.27. The Hall–Kier alpha value is -4.07. The minimum absolute atomic E-state index is 0.0840. The number of hydrogen-bond acceptors (Lipinski definition) is 5. The monoisotopic (exact) mass is 490 g/mol. The molecule has 1 amide bonds. The predicted molar refractivity (Wildman–Crippen MR) is 134 cm³/mol. The average Bonchev–Trinajstić information content (AvgIpc) is 3.50. The van der Waals surface area contributed by atoms with E-state index in [1.54, 1.807) is 29.2 Å². The number of benzene rings is 2. The molecule has 0 saturated carbocycles. The number of carbonyl (C=O) groups excluding carboxylic acids is 2. The lowest BCUT2D eigenvalue weighted by molar-refractivity contribution is -0.695. The van der Waals surface area contributed by atoms with Gasteiger partial charge < -0.3 is 19.5 Å². The van der Waals surface area contributed by atoms with Gasteiger partial charge in [0.05, 0.1) is 31.4 Å². The number of aliphatic hydroxyl groups excluding tert-OH is 1. The van der Waals surface area contributed by atoms with Gasteiger partial charge in [-0.25, -0.2) is 4.57 Å². The van der Waals surface area contributed by atoms with Gasteiger partial charge in [-0.1, -0.05) is 19.1 Å². The third kappa shape index (κ3) is 5.43. The van der Waals surface area contributed by atoms with E-state index in [1.807, 2.05) is 61.4 Å². The normalized spacial score (nSPS) is 16.9. The molecule has 0 bridgehead atoms. The zero-order valence-corrected chi connectivity index (χ0v) is 20.6. The molecule has 3 aromatic rings.